The number of piperazine rings is 1. The fraction of sp³-hybridized carbons (Fsp3) is 0.600. The molecule has 1 atom stereocenters. The number of aromatic nitrogens is 1. The van der Waals surface area contributed by atoms with Crippen LogP contribution >= 0.6 is 34.2 Å². The Balaban J connectivity index is 1.71. The Labute approximate surface area is 144 Å². The molecule has 0 unspecified atom stereocenters. The first kappa shape index (κ1) is 15.3. The van der Waals surface area contributed by atoms with Crippen LogP contribution in [-0.2, 0) is 4.79 Å². The Morgan fingerprint density at radius 3 is 2.76 bits per heavy atom. The molecule has 1 saturated heterocycles. The van der Waals surface area contributed by atoms with Crippen LogP contribution in [0.25, 0.3) is 0 Å². The second-order valence-electron chi connectivity index (χ2n) is 6.31. The lowest BCUT2D eigenvalue weighted by molar-refractivity contribution is -0.137. The Hall–Kier alpha value is -0.560. The van der Waals surface area contributed by atoms with Crippen molar-refractivity contribution in [3.8, 4) is 0 Å². The van der Waals surface area contributed by atoms with E-state index >= 15 is 0 Å². The van der Waals surface area contributed by atoms with Gasteiger partial charge in [-0.2, -0.15) is 0 Å². The number of anilines is 1. The summed E-state index contributed by atoms with van der Waals surface area (Å²) in [5.41, 5.74) is -0.0736. The summed E-state index contributed by atoms with van der Waals surface area (Å²) >= 11 is 8.26. The van der Waals surface area contributed by atoms with Crippen molar-refractivity contribution in [2.75, 3.05) is 24.5 Å². The summed E-state index contributed by atoms with van der Waals surface area (Å²) in [5, 5.41) is 0.683. The summed E-state index contributed by atoms with van der Waals surface area (Å²) < 4.78 is 1.01. The first-order valence-electron chi connectivity index (χ1n) is 7.28. The van der Waals surface area contributed by atoms with Crippen LogP contribution in [0, 0.1) is 8.99 Å². The molecule has 2 heterocycles. The van der Waals surface area contributed by atoms with E-state index in [2.05, 4.69) is 46.3 Å². The summed E-state index contributed by atoms with van der Waals surface area (Å²) in [6, 6.07) is 2.29. The van der Waals surface area contributed by atoms with Crippen LogP contribution in [0.15, 0.2) is 12.3 Å². The van der Waals surface area contributed by atoms with E-state index in [0.717, 1.165) is 41.9 Å². The summed E-state index contributed by atoms with van der Waals surface area (Å²) in [6.07, 6.45) is 3.78. The van der Waals surface area contributed by atoms with Crippen molar-refractivity contribution in [2.24, 2.45) is 5.41 Å². The van der Waals surface area contributed by atoms with Gasteiger partial charge in [-0.05, 0) is 48.4 Å². The number of nitrogens with zero attached hydrogens (tertiary/aromatic N) is 3. The second-order valence-corrected chi connectivity index (χ2v) is 7.88. The molecule has 1 amide bonds. The third kappa shape index (κ3) is 2.99. The zero-order chi connectivity index (χ0) is 15.2. The van der Waals surface area contributed by atoms with E-state index in [0.29, 0.717) is 10.9 Å². The van der Waals surface area contributed by atoms with Crippen molar-refractivity contribution in [1.29, 1.82) is 0 Å². The number of rotatable bonds is 2. The largest absolute Gasteiger partial charge is 0.350 e. The molecule has 6 heteroatoms. The number of hydrogen-bond donors (Lipinski definition) is 0. The third-order valence-corrected chi connectivity index (χ3v) is 6.03. The molecule has 1 aromatic rings. The molecule has 0 N–H and O–H groups in total. The molecular weight excluding hydrogens is 401 g/mol. The van der Waals surface area contributed by atoms with Crippen molar-refractivity contribution in [1.82, 2.24) is 9.88 Å². The molecule has 2 aliphatic rings. The molecule has 1 aromatic heterocycles. The lowest BCUT2D eigenvalue weighted by Gasteiger charge is -2.41. The van der Waals surface area contributed by atoms with Crippen LogP contribution in [0.3, 0.4) is 0 Å². The SMILES string of the molecule is C[C@H]1CN(C(=O)C2(C)CC2)CCN1c1cc(I)c(Cl)cn1. The van der Waals surface area contributed by atoms with Gasteiger partial charge < -0.3 is 9.80 Å². The maximum atomic E-state index is 12.4. The quantitative estimate of drug-likeness (QED) is 0.691. The summed E-state index contributed by atoms with van der Waals surface area (Å²) in [4.78, 5) is 21.2. The molecule has 0 spiro atoms. The molecular formula is C15H19ClIN3O. The highest BCUT2D eigenvalue weighted by molar-refractivity contribution is 14.1. The number of carbonyl (C=O) groups is 1. The standard InChI is InChI=1S/C15H19ClIN3O/c1-10-9-19(14(21)15(2)3-4-15)5-6-20(10)13-7-12(17)11(16)8-18-13/h7-8,10H,3-6,9H2,1-2H3/t10-/m0/s1. The highest BCUT2D eigenvalue weighted by Gasteiger charge is 2.47. The molecule has 114 valence electrons. The van der Waals surface area contributed by atoms with Gasteiger partial charge in [-0.25, -0.2) is 4.98 Å². The van der Waals surface area contributed by atoms with Gasteiger partial charge >= 0.3 is 0 Å². The Morgan fingerprint density at radius 1 is 1.48 bits per heavy atom. The minimum absolute atomic E-state index is 0.0736. The molecule has 0 aromatic carbocycles. The van der Waals surface area contributed by atoms with Gasteiger partial charge in [-0.1, -0.05) is 18.5 Å². The predicted octanol–water partition coefficient (Wildman–Crippen LogP) is 3.18. The Bertz CT molecular complexity index is 576. The number of hydrogen-bond acceptors (Lipinski definition) is 3. The highest BCUT2D eigenvalue weighted by atomic mass is 127. The highest BCUT2D eigenvalue weighted by Crippen LogP contribution is 2.46. The minimum atomic E-state index is -0.0736. The topological polar surface area (TPSA) is 36.4 Å². The minimum Gasteiger partial charge on any atom is -0.350 e. The molecule has 0 radical (unpaired) electrons. The van der Waals surface area contributed by atoms with Crippen molar-refractivity contribution in [3.63, 3.8) is 0 Å². The number of carbonyl (C=O) groups excluding carboxylic acids is 1. The lowest BCUT2D eigenvalue weighted by Crippen LogP contribution is -2.55. The average Bonchev–Trinajstić information content (AvgIpc) is 3.20. The van der Waals surface area contributed by atoms with Crippen LogP contribution < -0.4 is 4.90 Å². The van der Waals surface area contributed by atoms with Gasteiger partial charge in [-0.3, -0.25) is 4.79 Å². The second kappa shape index (κ2) is 5.57. The van der Waals surface area contributed by atoms with E-state index in [1.807, 2.05) is 11.0 Å². The molecule has 1 aliphatic heterocycles. The fourth-order valence-electron chi connectivity index (χ4n) is 2.83. The van der Waals surface area contributed by atoms with E-state index in [4.69, 9.17) is 11.6 Å². The molecule has 1 aliphatic carbocycles. The summed E-state index contributed by atoms with van der Waals surface area (Å²) in [6.45, 7) is 6.61. The molecule has 4 nitrogen and oxygen atoms in total. The lowest BCUT2D eigenvalue weighted by atomic mass is 10.1. The number of halogens is 2. The van der Waals surface area contributed by atoms with Gasteiger partial charge in [0.25, 0.3) is 0 Å². The van der Waals surface area contributed by atoms with Crippen molar-refractivity contribution in [3.05, 3.63) is 20.9 Å². The van der Waals surface area contributed by atoms with Crippen molar-refractivity contribution in [2.45, 2.75) is 32.7 Å². The normalized spacial score (nSPS) is 24.1. The van der Waals surface area contributed by atoms with Gasteiger partial charge in [0.05, 0.1) is 5.02 Å². The van der Waals surface area contributed by atoms with Gasteiger partial charge in [0.1, 0.15) is 5.82 Å². The molecule has 0 bridgehead atoms. The smallest absolute Gasteiger partial charge is 0.228 e. The van der Waals surface area contributed by atoms with E-state index < -0.39 is 0 Å². The van der Waals surface area contributed by atoms with Crippen molar-refractivity contribution < 1.29 is 4.79 Å². The van der Waals surface area contributed by atoms with Crippen LogP contribution in [0.5, 0.6) is 0 Å². The first-order valence-corrected chi connectivity index (χ1v) is 8.73. The average molecular weight is 420 g/mol. The maximum absolute atomic E-state index is 12.4. The Morgan fingerprint density at radius 2 is 2.19 bits per heavy atom. The Kier molecular flexibility index (Phi) is 4.07. The van der Waals surface area contributed by atoms with Gasteiger partial charge in [-0.15, -0.1) is 0 Å². The third-order valence-electron chi connectivity index (χ3n) is 4.52. The molecule has 3 rings (SSSR count). The maximum Gasteiger partial charge on any atom is 0.228 e. The van der Waals surface area contributed by atoms with Gasteiger partial charge in [0.2, 0.25) is 5.91 Å². The fourth-order valence-corrected chi connectivity index (χ4v) is 3.35. The van der Waals surface area contributed by atoms with E-state index in [-0.39, 0.29) is 11.5 Å². The van der Waals surface area contributed by atoms with Crippen molar-refractivity contribution >= 4 is 45.9 Å². The zero-order valence-electron chi connectivity index (χ0n) is 12.3. The monoisotopic (exact) mass is 419 g/mol. The van der Waals surface area contributed by atoms with E-state index in [1.165, 1.54) is 0 Å². The molecule has 1 saturated carbocycles. The van der Waals surface area contributed by atoms with Gasteiger partial charge in [0.15, 0.2) is 0 Å². The molecule has 2 fully saturated rings. The van der Waals surface area contributed by atoms with E-state index in [1.54, 1.807) is 6.20 Å². The predicted molar refractivity (Wildman–Crippen MR) is 92.7 cm³/mol. The summed E-state index contributed by atoms with van der Waals surface area (Å²) in [5.74, 6) is 1.27. The summed E-state index contributed by atoms with van der Waals surface area (Å²) in [7, 11) is 0. The van der Waals surface area contributed by atoms with E-state index in [9.17, 15) is 4.79 Å². The van der Waals surface area contributed by atoms with Crippen LogP contribution in [0.4, 0.5) is 5.82 Å². The van der Waals surface area contributed by atoms with Crippen LogP contribution in [-0.4, -0.2) is 41.5 Å². The molecule has 21 heavy (non-hydrogen) atoms. The van der Waals surface area contributed by atoms with Crippen LogP contribution in [0.1, 0.15) is 26.7 Å². The zero-order valence-corrected chi connectivity index (χ0v) is 15.2. The van der Waals surface area contributed by atoms with Crippen LogP contribution in [0.2, 0.25) is 5.02 Å². The number of amides is 1. The first-order chi connectivity index (χ1) is 9.90. The van der Waals surface area contributed by atoms with Gasteiger partial charge in [0, 0.05) is 40.9 Å². The number of pyridine rings is 1.